The van der Waals surface area contributed by atoms with E-state index in [9.17, 15) is 4.79 Å². The quantitative estimate of drug-likeness (QED) is 0.649. The number of thiazole rings is 1. The van der Waals surface area contributed by atoms with Crippen LogP contribution in [0.3, 0.4) is 0 Å². The van der Waals surface area contributed by atoms with Crippen LogP contribution in [0, 0.1) is 5.92 Å². The van der Waals surface area contributed by atoms with Crippen LogP contribution >= 0.6 is 11.3 Å². The molecule has 7 nitrogen and oxygen atoms in total. The van der Waals surface area contributed by atoms with Crippen LogP contribution in [0.2, 0.25) is 0 Å². The summed E-state index contributed by atoms with van der Waals surface area (Å²) in [5.41, 5.74) is 1.42. The smallest absolute Gasteiger partial charge is 0.416 e. The van der Waals surface area contributed by atoms with Gasteiger partial charge in [-0.15, -0.1) is 11.3 Å². The van der Waals surface area contributed by atoms with Gasteiger partial charge in [0.15, 0.2) is 5.13 Å². The predicted molar refractivity (Wildman–Crippen MR) is 117 cm³/mol. The normalized spacial score (nSPS) is 23.5. The number of ether oxygens (including phenoxy) is 1. The zero-order valence-corrected chi connectivity index (χ0v) is 17.3. The lowest BCUT2D eigenvalue weighted by Crippen LogP contribution is -2.39. The van der Waals surface area contributed by atoms with Crippen molar-refractivity contribution in [2.75, 3.05) is 23.3 Å². The summed E-state index contributed by atoms with van der Waals surface area (Å²) in [7, 11) is 0. The van der Waals surface area contributed by atoms with Gasteiger partial charge in [-0.2, -0.15) is 0 Å². The molecule has 0 radical (unpaired) electrons. The Labute approximate surface area is 179 Å². The highest BCUT2D eigenvalue weighted by molar-refractivity contribution is 7.14. The third-order valence-corrected chi connectivity index (χ3v) is 6.69. The minimum atomic E-state index is -0.377. The van der Waals surface area contributed by atoms with Crippen molar-refractivity contribution in [3.8, 4) is 11.4 Å². The first-order valence-electron chi connectivity index (χ1n) is 10.2. The molecule has 1 aliphatic carbocycles. The van der Waals surface area contributed by atoms with E-state index < -0.39 is 0 Å². The number of pyridine rings is 2. The Morgan fingerprint density at radius 1 is 1.10 bits per heavy atom. The molecule has 0 bridgehead atoms. The fourth-order valence-corrected chi connectivity index (χ4v) is 4.91. The van der Waals surface area contributed by atoms with Gasteiger partial charge in [0.25, 0.3) is 0 Å². The van der Waals surface area contributed by atoms with Gasteiger partial charge < -0.3 is 10.1 Å². The van der Waals surface area contributed by atoms with Crippen molar-refractivity contribution in [2.24, 2.45) is 5.92 Å². The van der Waals surface area contributed by atoms with Gasteiger partial charge in [-0.25, -0.2) is 14.8 Å². The first-order chi connectivity index (χ1) is 14.7. The van der Waals surface area contributed by atoms with Crippen molar-refractivity contribution in [2.45, 2.75) is 31.3 Å². The minimum absolute atomic E-state index is 0.282. The van der Waals surface area contributed by atoms with Crippen LogP contribution < -0.4 is 10.2 Å². The lowest BCUT2D eigenvalue weighted by atomic mass is 9.78. The Balaban J connectivity index is 1.15. The number of nitrogens with one attached hydrogen (secondary N) is 1. The van der Waals surface area contributed by atoms with Crippen LogP contribution in [-0.4, -0.2) is 39.7 Å². The molecule has 0 unspecified atom stereocenters. The van der Waals surface area contributed by atoms with Gasteiger partial charge in [-0.05, 0) is 55.9 Å². The third kappa shape index (κ3) is 3.87. The van der Waals surface area contributed by atoms with E-state index in [0.29, 0.717) is 18.3 Å². The summed E-state index contributed by atoms with van der Waals surface area (Å²) in [6, 6.07) is 11.4. The fraction of sp³-hybridized carbons (Fsp3) is 0.364. The van der Waals surface area contributed by atoms with Gasteiger partial charge in [0.2, 0.25) is 0 Å². The van der Waals surface area contributed by atoms with Crippen LogP contribution in [0.1, 0.15) is 25.7 Å². The zero-order chi connectivity index (χ0) is 20.4. The molecule has 1 saturated carbocycles. The summed E-state index contributed by atoms with van der Waals surface area (Å²) in [5.74, 6) is 1.20. The summed E-state index contributed by atoms with van der Waals surface area (Å²) < 4.78 is 5.83. The maximum Gasteiger partial charge on any atom is 0.416 e. The van der Waals surface area contributed by atoms with Crippen molar-refractivity contribution >= 4 is 28.4 Å². The van der Waals surface area contributed by atoms with E-state index in [0.717, 1.165) is 48.7 Å². The highest BCUT2D eigenvalue weighted by atomic mass is 32.1. The molecule has 1 spiro atoms. The molecular weight excluding hydrogens is 398 g/mol. The van der Waals surface area contributed by atoms with Crippen molar-refractivity contribution in [1.29, 1.82) is 0 Å². The molecule has 1 N–H and O–H groups in total. The summed E-state index contributed by atoms with van der Waals surface area (Å²) in [5, 5.41) is 6.43. The molecule has 4 heterocycles. The maximum atomic E-state index is 12.4. The molecule has 154 valence electrons. The number of hydrogen-bond donors (Lipinski definition) is 1. The van der Waals surface area contributed by atoms with Crippen LogP contribution in [0.15, 0.2) is 54.2 Å². The number of amides is 1. The second kappa shape index (κ2) is 8.02. The van der Waals surface area contributed by atoms with Crippen LogP contribution in [0.25, 0.3) is 11.4 Å². The Bertz CT molecular complexity index is 1000. The zero-order valence-electron chi connectivity index (χ0n) is 16.5. The van der Waals surface area contributed by atoms with Crippen LogP contribution in [-0.2, 0) is 4.74 Å². The average Bonchev–Trinajstić information content (AvgIpc) is 3.39. The average molecular weight is 422 g/mol. The fourth-order valence-electron chi connectivity index (χ4n) is 4.20. The molecule has 30 heavy (non-hydrogen) atoms. The van der Waals surface area contributed by atoms with Gasteiger partial charge in [-0.1, -0.05) is 12.1 Å². The molecule has 1 amide bonds. The lowest BCUT2D eigenvalue weighted by Gasteiger charge is -2.35. The van der Waals surface area contributed by atoms with E-state index in [2.05, 4.69) is 20.3 Å². The Morgan fingerprint density at radius 3 is 2.63 bits per heavy atom. The number of hydrogen-bond acceptors (Lipinski definition) is 7. The third-order valence-electron chi connectivity index (χ3n) is 5.89. The number of anilines is 2. The van der Waals surface area contributed by atoms with Crippen molar-refractivity contribution < 1.29 is 9.53 Å². The molecule has 2 aliphatic rings. The van der Waals surface area contributed by atoms with Crippen LogP contribution in [0.5, 0.6) is 0 Å². The number of carbonyl (C=O) groups is 1. The first-order valence-corrected chi connectivity index (χ1v) is 11.1. The molecule has 3 aromatic heterocycles. The number of aromatic nitrogens is 3. The van der Waals surface area contributed by atoms with Gasteiger partial charge >= 0.3 is 6.09 Å². The monoisotopic (exact) mass is 421 g/mol. The summed E-state index contributed by atoms with van der Waals surface area (Å²) in [4.78, 5) is 27.4. The highest BCUT2D eigenvalue weighted by Crippen LogP contribution is 2.40. The molecule has 3 aromatic rings. The maximum absolute atomic E-state index is 12.4. The molecule has 5 rings (SSSR count). The molecule has 8 heteroatoms. The van der Waals surface area contributed by atoms with Gasteiger partial charge in [0, 0.05) is 24.3 Å². The van der Waals surface area contributed by atoms with Crippen molar-refractivity contribution in [3.05, 3.63) is 54.2 Å². The van der Waals surface area contributed by atoms with Crippen molar-refractivity contribution in [1.82, 2.24) is 15.0 Å². The topological polar surface area (TPSA) is 80.2 Å². The Hall–Kier alpha value is -3.00. The second-order valence-corrected chi connectivity index (χ2v) is 8.76. The SMILES string of the molecule is O=C1OC2(CCC(CNc3nc(-c4ccccn4)cs3)CC2)CN1c1ccccn1. The number of nitrogens with zero attached hydrogens (tertiary/aromatic N) is 4. The largest absolute Gasteiger partial charge is 0.441 e. The molecule has 2 fully saturated rings. The summed E-state index contributed by atoms with van der Waals surface area (Å²) in [6.07, 6.45) is 7.01. The van der Waals surface area contributed by atoms with E-state index in [1.165, 1.54) is 0 Å². The number of rotatable bonds is 5. The molecule has 1 aliphatic heterocycles. The highest BCUT2D eigenvalue weighted by Gasteiger charge is 2.47. The first kappa shape index (κ1) is 19.0. The predicted octanol–water partition coefficient (Wildman–Crippen LogP) is 4.60. The van der Waals surface area contributed by atoms with E-state index in [1.807, 2.05) is 41.8 Å². The second-order valence-electron chi connectivity index (χ2n) is 7.90. The van der Waals surface area contributed by atoms with E-state index in [1.54, 1.807) is 28.6 Å². The molecule has 1 saturated heterocycles. The molecule has 0 aromatic carbocycles. The molecule has 0 atom stereocenters. The van der Waals surface area contributed by atoms with Crippen LogP contribution in [0.4, 0.5) is 15.7 Å². The van der Waals surface area contributed by atoms with E-state index >= 15 is 0 Å². The van der Waals surface area contributed by atoms with Crippen molar-refractivity contribution in [3.63, 3.8) is 0 Å². The Morgan fingerprint density at radius 2 is 1.90 bits per heavy atom. The van der Waals surface area contributed by atoms with Gasteiger partial charge in [0.1, 0.15) is 17.1 Å². The minimum Gasteiger partial charge on any atom is -0.441 e. The van der Waals surface area contributed by atoms with Gasteiger partial charge in [0.05, 0.1) is 12.2 Å². The lowest BCUT2D eigenvalue weighted by molar-refractivity contribution is 0.0148. The van der Waals surface area contributed by atoms with Gasteiger partial charge in [-0.3, -0.25) is 9.88 Å². The molecular formula is C22H23N5O2S. The number of carbonyl (C=O) groups excluding carboxylic acids is 1. The Kier molecular flexibility index (Phi) is 5.08. The van der Waals surface area contributed by atoms with E-state index in [-0.39, 0.29) is 11.7 Å². The van der Waals surface area contributed by atoms with E-state index in [4.69, 9.17) is 4.74 Å². The standard InChI is InChI=1S/C22H23N5O2S/c28-21-27(19-6-2-4-12-24-19)15-22(29-21)9-7-16(8-10-22)13-25-20-26-18(14-30-20)17-5-1-3-11-23-17/h1-6,11-12,14,16H,7-10,13,15H2,(H,25,26). The summed E-state index contributed by atoms with van der Waals surface area (Å²) >= 11 is 1.60. The summed E-state index contributed by atoms with van der Waals surface area (Å²) in [6.45, 7) is 1.46.